The number of fused-ring (bicyclic) bond motifs is 1. The average Bonchev–Trinajstić information content (AvgIpc) is 3.32. The summed E-state index contributed by atoms with van der Waals surface area (Å²) in [5, 5.41) is 11.7. The summed E-state index contributed by atoms with van der Waals surface area (Å²) in [5.74, 6) is -2.51. The first kappa shape index (κ1) is 29.6. The van der Waals surface area contributed by atoms with Crippen molar-refractivity contribution in [3.63, 3.8) is 0 Å². The van der Waals surface area contributed by atoms with E-state index in [2.05, 4.69) is 41.2 Å². The van der Waals surface area contributed by atoms with E-state index in [9.17, 15) is 17.6 Å². The molecule has 5 N–H and O–H groups in total. The summed E-state index contributed by atoms with van der Waals surface area (Å²) < 4.78 is 60.7. The minimum absolute atomic E-state index is 0.0279. The van der Waals surface area contributed by atoms with Gasteiger partial charge in [0, 0.05) is 11.5 Å². The van der Waals surface area contributed by atoms with Crippen LogP contribution in [0, 0.1) is 11.6 Å². The zero-order valence-corrected chi connectivity index (χ0v) is 23.8. The van der Waals surface area contributed by atoms with Gasteiger partial charge in [0.1, 0.15) is 11.3 Å². The summed E-state index contributed by atoms with van der Waals surface area (Å²) in [6, 6.07) is 10.1. The number of hydrogen-bond donors (Lipinski definition) is 5. The van der Waals surface area contributed by atoms with Crippen LogP contribution in [-0.4, -0.2) is 49.2 Å². The van der Waals surface area contributed by atoms with E-state index >= 15 is 4.39 Å². The highest BCUT2D eigenvalue weighted by Gasteiger charge is 2.23. The average molecular weight is 660 g/mol. The van der Waals surface area contributed by atoms with Crippen molar-refractivity contribution in [3.05, 3.63) is 81.0 Å². The van der Waals surface area contributed by atoms with E-state index in [-0.39, 0.29) is 58.4 Å². The summed E-state index contributed by atoms with van der Waals surface area (Å²) >= 11 is 9.61. The number of halogens is 4. The highest BCUT2D eigenvalue weighted by Crippen LogP contribution is 2.34. The smallest absolute Gasteiger partial charge is 0.298 e. The lowest BCUT2D eigenvalue weighted by Crippen LogP contribution is -2.26. The first-order chi connectivity index (χ1) is 19.0. The summed E-state index contributed by atoms with van der Waals surface area (Å²) in [7, 11) is -2.60. The van der Waals surface area contributed by atoms with E-state index in [4.69, 9.17) is 21.5 Å². The number of anilines is 3. The molecular weight excluding hydrogens is 638 g/mol. The number of carbonyl (C=O) groups excluding carboxylic acids is 1. The number of rotatable bonds is 11. The van der Waals surface area contributed by atoms with Crippen LogP contribution >= 0.6 is 27.5 Å². The van der Waals surface area contributed by atoms with Gasteiger partial charge in [-0.3, -0.25) is 14.4 Å². The molecule has 3 aromatic carbocycles. The minimum atomic E-state index is -3.84. The molecule has 0 saturated carbocycles. The number of benzene rings is 3. The van der Waals surface area contributed by atoms with Crippen molar-refractivity contribution < 1.29 is 31.9 Å². The first-order valence-corrected chi connectivity index (χ1v) is 14.1. The third-order valence-corrected chi connectivity index (χ3v) is 7.55. The second-order valence-corrected chi connectivity index (χ2v) is 11.1. The molecule has 212 valence electrons. The molecule has 11 nitrogen and oxygen atoms in total. The van der Waals surface area contributed by atoms with E-state index in [1.54, 1.807) is 12.1 Å². The number of aromatic nitrogens is 2. The summed E-state index contributed by atoms with van der Waals surface area (Å²) in [6.45, 7) is -0.565. The molecule has 0 fully saturated rings. The van der Waals surface area contributed by atoms with Gasteiger partial charge in [0.15, 0.2) is 5.82 Å². The molecular formula is C24H22BrClF2N6O5S. The summed E-state index contributed by atoms with van der Waals surface area (Å²) in [4.78, 5) is 22.0. The molecule has 0 atom stereocenters. The lowest BCUT2D eigenvalue weighted by Gasteiger charge is -2.16. The Bertz CT molecular complexity index is 1690. The molecule has 1 amide bonds. The Morgan fingerprint density at radius 1 is 1.20 bits per heavy atom. The van der Waals surface area contributed by atoms with Crippen LogP contribution in [0.4, 0.5) is 25.8 Å². The molecule has 0 aliphatic carbocycles. The van der Waals surface area contributed by atoms with E-state index < -0.39 is 27.8 Å². The van der Waals surface area contributed by atoms with Gasteiger partial charge >= 0.3 is 0 Å². The predicted octanol–water partition coefficient (Wildman–Crippen LogP) is 4.05. The van der Waals surface area contributed by atoms with Gasteiger partial charge in [-0.05, 0) is 35.9 Å². The molecule has 0 aliphatic rings. The van der Waals surface area contributed by atoms with Gasteiger partial charge in [0.05, 0.1) is 59.3 Å². The molecule has 40 heavy (non-hydrogen) atoms. The standard InChI is InChI=1S/C24H22BrClF2N6O5S/c1-29-40(37,38)33-18-4-2-3-13(20(18)26)11-34-12-30-23-19(34)10-15(24(36)32-39-8-7-35)22(21(23)28)31-17-6-5-14(25)9-16(17)27/h2-6,9-10,12,29,31,33,35H,7-8,11H2,1H3,(H,32,36). The molecule has 1 heterocycles. The highest BCUT2D eigenvalue weighted by molar-refractivity contribution is 9.10. The van der Waals surface area contributed by atoms with E-state index in [0.29, 0.717) is 10.0 Å². The van der Waals surface area contributed by atoms with Gasteiger partial charge in [-0.2, -0.15) is 8.42 Å². The minimum Gasteiger partial charge on any atom is -0.394 e. The van der Waals surface area contributed by atoms with Gasteiger partial charge in [-0.15, -0.1) is 0 Å². The van der Waals surface area contributed by atoms with Crippen molar-refractivity contribution in [1.29, 1.82) is 0 Å². The van der Waals surface area contributed by atoms with Crippen molar-refractivity contribution in [2.45, 2.75) is 6.54 Å². The third kappa shape index (κ3) is 6.51. The Balaban J connectivity index is 1.78. The number of aliphatic hydroxyl groups excluding tert-OH is 1. The second-order valence-electron chi connectivity index (χ2n) is 8.19. The highest BCUT2D eigenvalue weighted by atomic mass is 79.9. The van der Waals surface area contributed by atoms with Crippen molar-refractivity contribution in [1.82, 2.24) is 19.8 Å². The van der Waals surface area contributed by atoms with E-state index in [0.717, 1.165) is 0 Å². The Morgan fingerprint density at radius 2 is 1.98 bits per heavy atom. The normalized spacial score (nSPS) is 11.6. The fourth-order valence-electron chi connectivity index (χ4n) is 3.69. The zero-order chi connectivity index (χ0) is 29.0. The molecule has 0 bridgehead atoms. The summed E-state index contributed by atoms with van der Waals surface area (Å²) in [5.41, 5.74) is 2.06. The van der Waals surface area contributed by atoms with Gasteiger partial charge in [-0.1, -0.05) is 39.7 Å². The van der Waals surface area contributed by atoms with Crippen LogP contribution in [0.3, 0.4) is 0 Å². The lowest BCUT2D eigenvalue weighted by atomic mass is 10.1. The Hall–Kier alpha value is -3.34. The van der Waals surface area contributed by atoms with Crippen molar-refractivity contribution >= 4 is 71.7 Å². The fraction of sp³-hybridized carbons (Fsp3) is 0.167. The van der Waals surface area contributed by atoms with Crippen molar-refractivity contribution in [2.75, 3.05) is 30.3 Å². The monoisotopic (exact) mass is 658 g/mol. The van der Waals surface area contributed by atoms with Crippen LogP contribution in [0.5, 0.6) is 0 Å². The molecule has 0 spiro atoms. The number of imidazole rings is 1. The molecule has 0 aliphatic heterocycles. The van der Waals surface area contributed by atoms with Crippen molar-refractivity contribution in [2.24, 2.45) is 0 Å². The van der Waals surface area contributed by atoms with Crippen molar-refractivity contribution in [3.8, 4) is 0 Å². The number of carbonyl (C=O) groups is 1. The Labute approximate surface area is 240 Å². The largest absolute Gasteiger partial charge is 0.394 e. The van der Waals surface area contributed by atoms with Crippen LogP contribution in [0.25, 0.3) is 11.0 Å². The van der Waals surface area contributed by atoms with E-state index in [1.807, 2.05) is 0 Å². The van der Waals surface area contributed by atoms with Crippen LogP contribution in [0.15, 0.2) is 53.3 Å². The molecule has 16 heteroatoms. The molecule has 0 radical (unpaired) electrons. The molecule has 4 aromatic rings. The van der Waals surface area contributed by atoms with Gasteiger partial charge in [0.25, 0.3) is 16.1 Å². The Morgan fingerprint density at radius 3 is 2.67 bits per heavy atom. The van der Waals surface area contributed by atoms with E-state index in [1.165, 1.54) is 48.3 Å². The first-order valence-electron chi connectivity index (χ1n) is 11.5. The number of hydrogen-bond acceptors (Lipinski definition) is 7. The second kappa shape index (κ2) is 12.4. The number of nitrogens with one attached hydrogen (secondary N) is 4. The molecule has 0 unspecified atom stereocenters. The quantitative estimate of drug-likeness (QED) is 0.121. The van der Waals surface area contributed by atoms with Gasteiger partial charge < -0.3 is 15.0 Å². The third-order valence-electron chi connectivity index (χ3n) is 5.58. The van der Waals surface area contributed by atoms with Gasteiger partial charge in [0.2, 0.25) is 0 Å². The maximum absolute atomic E-state index is 15.9. The molecule has 1 aromatic heterocycles. The number of nitrogens with zero attached hydrogens (tertiary/aromatic N) is 2. The lowest BCUT2D eigenvalue weighted by molar-refractivity contribution is 0.0169. The van der Waals surface area contributed by atoms with Crippen LogP contribution < -0.4 is 20.2 Å². The SMILES string of the molecule is CNS(=O)(=O)Nc1cccc(Cn2cnc3c(F)c(Nc4ccc(Br)cc4F)c(C(=O)NOCCO)cc32)c1Cl. The fourth-order valence-corrected chi connectivity index (χ4v) is 4.87. The molecule has 0 saturated heterocycles. The number of hydroxylamine groups is 1. The molecule has 4 rings (SSSR count). The maximum Gasteiger partial charge on any atom is 0.298 e. The van der Waals surface area contributed by atoms with Crippen LogP contribution in [-0.2, 0) is 21.6 Å². The number of aliphatic hydroxyl groups is 1. The number of amides is 1. The predicted molar refractivity (Wildman–Crippen MR) is 150 cm³/mol. The zero-order valence-electron chi connectivity index (χ0n) is 20.6. The van der Waals surface area contributed by atoms with Crippen LogP contribution in [0.2, 0.25) is 5.02 Å². The van der Waals surface area contributed by atoms with Crippen LogP contribution in [0.1, 0.15) is 15.9 Å². The topological polar surface area (TPSA) is 147 Å². The Kier molecular flexibility index (Phi) is 9.22. The summed E-state index contributed by atoms with van der Waals surface area (Å²) in [6.07, 6.45) is 1.32. The van der Waals surface area contributed by atoms with Gasteiger partial charge in [-0.25, -0.2) is 24.0 Å². The maximum atomic E-state index is 15.9.